The molecule has 0 saturated heterocycles. The summed E-state index contributed by atoms with van der Waals surface area (Å²) in [5.41, 5.74) is 0. The van der Waals surface area contributed by atoms with E-state index in [1.807, 2.05) is 0 Å². The van der Waals surface area contributed by atoms with Crippen LogP contribution in [-0.4, -0.2) is 0 Å². The molecular formula is LaNi3. The predicted molar refractivity (Wildman–Crippen MR) is 0 cm³/mol. The first-order valence-corrected chi connectivity index (χ1v) is 0. The molecule has 0 aliphatic carbocycles. The second-order valence-corrected chi connectivity index (χ2v) is 0. The zero-order valence-electron chi connectivity index (χ0n) is 1.53. The quantitative estimate of drug-likeness (QED) is 0.552. The van der Waals surface area contributed by atoms with Gasteiger partial charge in [-0.15, -0.1) is 0 Å². The summed E-state index contributed by atoms with van der Waals surface area (Å²) in [6.45, 7) is 0. The molecule has 3 radical (unpaired) electrons. The largest absolute Gasteiger partial charge is 3.00 e. The topological polar surface area (TPSA) is 0 Å². The smallest absolute Gasteiger partial charge is 1.00 e. The molecule has 0 fully saturated rings. The molecule has 0 aromatic rings. The van der Waals surface area contributed by atoms with Crippen LogP contribution in [0, 0.1) is 35.6 Å². The minimum atomic E-state index is 0. The van der Waals surface area contributed by atoms with E-state index in [1.165, 1.54) is 0 Å². The molecule has 0 heterocycles. The van der Waals surface area contributed by atoms with Crippen molar-refractivity contribution in [3.05, 3.63) is 0 Å². The molecule has 0 bridgehead atoms. The van der Waals surface area contributed by atoms with Crippen molar-refractivity contribution in [2.24, 2.45) is 0 Å². The van der Waals surface area contributed by atoms with Crippen molar-refractivity contribution < 1.29 is 85.1 Å². The average Bonchev–Trinajstić information content (AvgIpc) is 0. The van der Waals surface area contributed by atoms with Gasteiger partial charge in [0.25, 0.3) is 0 Å². The molecule has 0 nitrogen and oxygen atoms in total. The van der Waals surface area contributed by atoms with Crippen molar-refractivity contribution in [3.63, 3.8) is 0 Å². The molecule has 0 rings (SSSR count). The Balaban J connectivity index is 0. The molecule has 0 aliphatic heterocycles. The molecule has 0 aromatic heterocycles. The van der Waals surface area contributed by atoms with Crippen LogP contribution in [0.5, 0.6) is 0 Å². The molecule has 0 unspecified atom stereocenters. The summed E-state index contributed by atoms with van der Waals surface area (Å²) >= 11 is 0. The van der Waals surface area contributed by atoms with Crippen molar-refractivity contribution in [1.82, 2.24) is 0 Å². The van der Waals surface area contributed by atoms with E-state index in [9.17, 15) is 0 Å². The van der Waals surface area contributed by atoms with E-state index < -0.39 is 0 Å². The first-order valence-electron chi connectivity index (χ1n) is 0. The SMILES string of the molecule is [La+3].[Ni-].[Ni-].[Ni-]. The van der Waals surface area contributed by atoms with Crippen LogP contribution >= 0.6 is 0 Å². The van der Waals surface area contributed by atoms with Gasteiger partial charge in [0.1, 0.15) is 0 Å². The van der Waals surface area contributed by atoms with Crippen LogP contribution in [0.25, 0.3) is 0 Å². The van der Waals surface area contributed by atoms with Gasteiger partial charge in [-0.2, -0.15) is 0 Å². The Kier molecular flexibility index (Phi) is 130. The summed E-state index contributed by atoms with van der Waals surface area (Å²) in [7, 11) is 0. The zero-order valence-corrected chi connectivity index (χ0v) is 8.11. The van der Waals surface area contributed by atoms with Crippen molar-refractivity contribution in [2.45, 2.75) is 0 Å². The number of hydrogen-bond acceptors (Lipinski definition) is 0. The first-order chi connectivity index (χ1) is 0. The normalized spacial score (nSPS) is 0. The third kappa shape index (κ3) is 8.82. The van der Waals surface area contributed by atoms with Crippen LogP contribution in [0.1, 0.15) is 0 Å². The van der Waals surface area contributed by atoms with Crippen LogP contribution in [0.2, 0.25) is 0 Å². The number of rotatable bonds is 0. The van der Waals surface area contributed by atoms with Gasteiger partial charge in [-0.25, -0.2) is 0 Å². The molecule has 0 saturated carbocycles. The van der Waals surface area contributed by atoms with Crippen LogP contribution in [0.4, 0.5) is 0 Å². The monoisotopic (exact) mass is 313 g/mol. The maximum Gasteiger partial charge on any atom is 3.00 e. The van der Waals surface area contributed by atoms with Gasteiger partial charge >= 0.3 is 35.6 Å². The predicted octanol–water partition coefficient (Wildman–Crippen LogP) is -0.00750. The Morgan fingerprint density at radius 1 is 0.500 bits per heavy atom. The standard InChI is InChI=1S/La.3Ni/q+3;3*-1. The Morgan fingerprint density at radius 3 is 0.500 bits per heavy atom. The molecule has 0 spiro atoms. The summed E-state index contributed by atoms with van der Waals surface area (Å²) in [5, 5.41) is 0. The summed E-state index contributed by atoms with van der Waals surface area (Å²) in [6, 6.07) is 0. The van der Waals surface area contributed by atoms with Gasteiger partial charge in [-0.1, -0.05) is 0 Å². The zero-order chi connectivity index (χ0) is 0. The van der Waals surface area contributed by atoms with Crippen molar-refractivity contribution in [3.8, 4) is 0 Å². The molecule has 0 aliphatic rings. The van der Waals surface area contributed by atoms with E-state index in [1.54, 1.807) is 0 Å². The molecule has 0 aromatic carbocycles. The fourth-order valence-corrected chi connectivity index (χ4v) is 0. The van der Waals surface area contributed by atoms with Crippen molar-refractivity contribution in [1.29, 1.82) is 0 Å². The van der Waals surface area contributed by atoms with Gasteiger partial charge in [0.15, 0.2) is 0 Å². The molecule has 4 heteroatoms. The summed E-state index contributed by atoms with van der Waals surface area (Å²) < 4.78 is 0. The second-order valence-electron chi connectivity index (χ2n) is 0. The van der Waals surface area contributed by atoms with E-state index >= 15 is 0 Å². The third-order valence-electron chi connectivity index (χ3n) is 0. The summed E-state index contributed by atoms with van der Waals surface area (Å²) in [5.74, 6) is 0. The van der Waals surface area contributed by atoms with Gasteiger partial charge in [0.05, 0.1) is 0 Å². The van der Waals surface area contributed by atoms with Gasteiger partial charge in [-0.3, -0.25) is 0 Å². The van der Waals surface area contributed by atoms with Gasteiger partial charge in [0, 0.05) is 0 Å². The maximum absolute atomic E-state index is 0. The van der Waals surface area contributed by atoms with Crippen LogP contribution in [0.3, 0.4) is 0 Å². The van der Waals surface area contributed by atoms with Crippen LogP contribution in [-0.2, 0) is 49.5 Å². The van der Waals surface area contributed by atoms with Crippen LogP contribution < -0.4 is 0 Å². The molecular weight excluding hydrogens is 315 g/mol. The van der Waals surface area contributed by atoms with E-state index in [0.717, 1.165) is 0 Å². The minimum absolute atomic E-state index is 0. The van der Waals surface area contributed by atoms with E-state index in [-0.39, 0.29) is 85.1 Å². The molecule has 0 atom stereocenters. The van der Waals surface area contributed by atoms with E-state index in [2.05, 4.69) is 0 Å². The van der Waals surface area contributed by atoms with Gasteiger partial charge in [-0.05, 0) is 0 Å². The van der Waals surface area contributed by atoms with Gasteiger partial charge < -0.3 is 49.5 Å². The molecule has 0 amide bonds. The molecule has 33 valence electrons. The van der Waals surface area contributed by atoms with Crippen molar-refractivity contribution in [2.75, 3.05) is 0 Å². The fourth-order valence-electron chi connectivity index (χ4n) is 0. The Morgan fingerprint density at radius 2 is 0.500 bits per heavy atom. The average molecular weight is 315 g/mol. The fraction of sp³-hybridized carbons (Fsp3) is 0. The Bertz CT molecular complexity index is 3.25. The van der Waals surface area contributed by atoms with E-state index in [0.29, 0.717) is 0 Å². The third-order valence-corrected chi connectivity index (χ3v) is 0. The Hall–Kier alpha value is 2.68. The molecule has 4 heavy (non-hydrogen) atoms. The van der Waals surface area contributed by atoms with Crippen LogP contribution in [0.15, 0.2) is 0 Å². The summed E-state index contributed by atoms with van der Waals surface area (Å²) in [6.07, 6.45) is 0. The maximum atomic E-state index is 0. The second kappa shape index (κ2) is 17.3. The molecule has 0 N–H and O–H groups in total. The summed E-state index contributed by atoms with van der Waals surface area (Å²) in [4.78, 5) is 0. The minimum Gasteiger partial charge on any atom is -1.00 e. The first kappa shape index (κ1) is 30.0. The van der Waals surface area contributed by atoms with Gasteiger partial charge in [0.2, 0.25) is 0 Å². The van der Waals surface area contributed by atoms with Crippen molar-refractivity contribution >= 4 is 0 Å². The van der Waals surface area contributed by atoms with E-state index in [4.69, 9.17) is 0 Å². The Labute approximate surface area is 83.6 Å². The number of hydrogen-bond donors (Lipinski definition) is 0.